The van der Waals surface area contributed by atoms with E-state index in [4.69, 9.17) is 9.47 Å². The molecule has 0 spiro atoms. The van der Waals surface area contributed by atoms with E-state index < -0.39 is 0 Å². The molecule has 3 nitrogen and oxygen atoms in total. The first kappa shape index (κ1) is 11.3. The van der Waals surface area contributed by atoms with E-state index in [9.17, 15) is 0 Å². The van der Waals surface area contributed by atoms with E-state index >= 15 is 0 Å². The maximum atomic E-state index is 5.35. The zero-order valence-corrected chi connectivity index (χ0v) is 9.95. The Kier molecular flexibility index (Phi) is 3.67. The minimum Gasteiger partial charge on any atom is -0.497 e. The molecule has 88 valence electrons. The van der Waals surface area contributed by atoms with Gasteiger partial charge in [0.05, 0.1) is 14.2 Å². The van der Waals surface area contributed by atoms with Crippen molar-refractivity contribution in [2.24, 2.45) is 0 Å². The van der Waals surface area contributed by atoms with Gasteiger partial charge in [0.15, 0.2) is 0 Å². The van der Waals surface area contributed by atoms with Gasteiger partial charge in [-0.25, -0.2) is 0 Å². The minimum absolute atomic E-state index is 0.768. The van der Waals surface area contributed by atoms with Crippen LogP contribution in [0, 0.1) is 0 Å². The summed E-state index contributed by atoms with van der Waals surface area (Å²) in [6.07, 6.45) is 3.67. The average Bonchev–Trinajstić information content (AvgIpc) is 3.13. The fraction of sp³-hybridized carbons (Fsp3) is 0.538. The molecule has 1 fully saturated rings. The van der Waals surface area contributed by atoms with Gasteiger partial charge in [-0.2, -0.15) is 0 Å². The molecular weight excluding hydrogens is 202 g/mol. The Bertz CT molecular complexity index is 348. The highest BCUT2D eigenvalue weighted by Gasteiger charge is 2.19. The predicted molar refractivity (Wildman–Crippen MR) is 64.3 cm³/mol. The van der Waals surface area contributed by atoms with Crippen LogP contribution in [0.5, 0.6) is 11.5 Å². The van der Waals surface area contributed by atoms with Crippen molar-refractivity contribution in [1.82, 2.24) is 5.32 Å². The third-order valence-electron chi connectivity index (χ3n) is 2.90. The van der Waals surface area contributed by atoms with Crippen molar-refractivity contribution in [2.45, 2.75) is 25.3 Å². The van der Waals surface area contributed by atoms with Crippen LogP contribution in [-0.2, 0) is 6.42 Å². The molecule has 0 aromatic heterocycles. The summed E-state index contributed by atoms with van der Waals surface area (Å²) in [6.45, 7) is 1.02. The van der Waals surface area contributed by atoms with Gasteiger partial charge >= 0.3 is 0 Å². The molecule has 16 heavy (non-hydrogen) atoms. The number of ether oxygens (including phenoxy) is 2. The number of nitrogens with one attached hydrogen (secondary N) is 1. The fourth-order valence-electron chi connectivity index (χ4n) is 1.76. The fourth-order valence-corrected chi connectivity index (χ4v) is 1.76. The Hall–Kier alpha value is -1.22. The summed E-state index contributed by atoms with van der Waals surface area (Å²) in [4.78, 5) is 0. The van der Waals surface area contributed by atoms with Crippen LogP contribution in [0.3, 0.4) is 0 Å². The topological polar surface area (TPSA) is 30.5 Å². The van der Waals surface area contributed by atoms with E-state index in [1.54, 1.807) is 14.2 Å². The summed E-state index contributed by atoms with van der Waals surface area (Å²) in [6, 6.07) is 6.76. The lowest BCUT2D eigenvalue weighted by atomic mass is 10.1. The van der Waals surface area contributed by atoms with Crippen molar-refractivity contribution in [3.05, 3.63) is 23.8 Å². The Morgan fingerprint density at radius 2 is 2.06 bits per heavy atom. The standard InChI is InChI=1S/C13H19NO2/c1-15-12-6-3-10(13(9-12)16-2)7-8-14-11-4-5-11/h3,6,9,11,14H,4-5,7-8H2,1-2H3. The number of rotatable bonds is 6. The molecule has 0 heterocycles. The van der Waals surface area contributed by atoms with Crippen molar-refractivity contribution in [3.63, 3.8) is 0 Å². The Labute approximate surface area is 96.8 Å². The van der Waals surface area contributed by atoms with Gasteiger partial charge in [-0.15, -0.1) is 0 Å². The van der Waals surface area contributed by atoms with E-state index in [0.29, 0.717) is 0 Å². The molecule has 3 heteroatoms. The number of hydrogen-bond acceptors (Lipinski definition) is 3. The SMILES string of the molecule is COc1ccc(CCNC2CC2)c(OC)c1. The third-order valence-corrected chi connectivity index (χ3v) is 2.90. The molecule has 0 saturated heterocycles. The molecule has 1 aromatic carbocycles. The average molecular weight is 221 g/mol. The van der Waals surface area contributed by atoms with Gasteiger partial charge in [-0.3, -0.25) is 0 Å². The first-order valence-electron chi connectivity index (χ1n) is 5.78. The molecule has 0 amide bonds. The van der Waals surface area contributed by atoms with Crippen molar-refractivity contribution < 1.29 is 9.47 Å². The molecule has 0 unspecified atom stereocenters. The molecule has 1 aromatic rings. The second-order valence-electron chi connectivity index (χ2n) is 4.16. The predicted octanol–water partition coefficient (Wildman–Crippen LogP) is 2.00. The van der Waals surface area contributed by atoms with Crippen molar-refractivity contribution in [3.8, 4) is 11.5 Å². The normalized spacial score (nSPS) is 14.9. The van der Waals surface area contributed by atoms with E-state index in [-0.39, 0.29) is 0 Å². The van der Waals surface area contributed by atoms with Crippen LogP contribution in [0.1, 0.15) is 18.4 Å². The molecule has 0 bridgehead atoms. The van der Waals surface area contributed by atoms with Gasteiger partial charge in [0.1, 0.15) is 11.5 Å². The van der Waals surface area contributed by atoms with Gasteiger partial charge in [0.2, 0.25) is 0 Å². The molecule has 0 aliphatic heterocycles. The molecule has 0 atom stereocenters. The van der Waals surface area contributed by atoms with Crippen LogP contribution in [0.25, 0.3) is 0 Å². The van der Waals surface area contributed by atoms with Crippen molar-refractivity contribution in [1.29, 1.82) is 0 Å². The lowest BCUT2D eigenvalue weighted by Gasteiger charge is -2.10. The van der Waals surface area contributed by atoms with Gasteiger partial charge < -0.3 is 14.8 Å². The van der Waals surface area contributed by atoms with Gasteiger partial charge in [0, 0.05) is 12.1 Å². The first-order chi connectivity index (χ1) is 7.83. The molecule has 2 rings (SSSR count). The van der Waals surface area contributed by atoms with Crippen LogP contribution in [0.15, 0.2) is 18.2 Å². The zero-order chi connectivity index (χ0) is 11.4. The molecule has 1 N–H and O–H groups in total. The van der Waals surface area contributed by atoms with E-state index in [0.717, 1.165) is 30.5 Å². The van der Waals surface area contributed by atoms with Crippen molar-refractivity contribution in [2.75, 3.05) is 20.8 Å². The highest BCUT2D eigenvalue weighted by Crippen LogP contribution is 2.25. The molecule has 0 radical (unpaired) electrons. The summed E-state index contributed by atoms with van der Waals surface area (Å²) in [5, 5.41) is 3.50. The van der Waals surface area contributed by atoms with Gasteiger partial charge in [0.25, 0.3) is 0 Å². The van der Waals surface area contributed by atoms with Crippen molar-refractivity contribution >= 4 is 0 Å². The highest BCUT2D eigenvalue weighted by molar-refractivity contribution is 5.40. The lowest BCUT2D eigenvalue weighted by Crippen LogP contribution is -2.19. The maximum Gasteiger partial charge on any atom is 0.125 e. The summed E-state index contributed by atoms with van der Waals surface area (Å²) in [7, 11) is 3.37. The number of benzene rings is 1. The molecular formula is C13H19NO2. The second kappa shape index (κ2) is 5.21. The molecule has 1 aliphatic rings. The largest absolute Gasteiger partial charge is 0.497 e. The van der Waals surface area contributed by atoms with Gasteiger partial charge in [-0.05, 0) is 37.4 Å². The van der Waals surface area contributed by atoms with E-state index in [1.807, 2.05) is 12.1 Å². The summed E-state index contributed by atoms with van der Waals surface area (Å²) >= 11 is 0. The van der Waals surface area contributed by atoms with Crippen LogP contribution in [-0.4, -0.2) is 26.8 Å². The van der Waals surface area contributed by atoms with Crippen LogP contribution >= 0.6 is 0 Å². The third kappa shape index (κ3) is 2.89. The summed E-state index contributed by atoms with van der Waals surface area (Å²) in [5.41, 5.74) is 1.23. The smallest absolute Gasteiger partial charge is 0.125 e. The Morgan fingerprint density at radius 1 is 1.25 bits per heavy atom. The minimum atomic E-state index is 0.768. The lowest BCUT2D eigenvalue weighted by molar-refractivity contribution is 0.390. The zero-order valence-electron chi connectivity index (χ0n) is 9.95. The molecule has 1 saturated carbocycles. The van der Waals surface area contributed by atoms with E-state index in [1.165, 1.54) is 18.4 Å². The van der Waals surface area contributed by atoms with Gasteiger partial charge in [-0.1, -0.05) is 6.07 Å². The second-order valence-corrected chi connectivity index (χ2v) is 4.16. The monoisotopic (exact) mass is 221 g/mol. The first-order valence-corrected chi connectivity index (χ1v) is 5.78. The number of methoxy groups -OCH3 is 2. The quantitative estimate of drug-likeness (QED) is 0.797. The Morgan fingerprint density at radius 3 is 2.69 bits per heavy atom. The van der Waals surface area contributed by atoms with Crippen LogP contribution in [0.2, 0.25) is 0 Å². The summed E-state index contributed by atoms with van der Waals surface area (Å²) < 4.78 is 10.5. The van der Waals surface area contributed by atoms with Crippen LogP contribution in [0.4, 0.5) is 0 Å². The number of hydrogen-bond donors (Lipinski definition) is 1. The van der Waals surface area contributed by atoms with Crippen LogP contribution < -0.4 is 14.8 Å². The molecule has 1 aliphatic carbocycles. The maximum absolute atomic E-state index is 5.35. The Balaban J connectivity index is 1.94. The highest BCUT2D eigenvalue weighted by atomic mass is 16.5. The van der Waals surface area contributed by atoms with E-state index in [2.05, 4.69) is 11.4 Å². The summed E-state index contributed by atoms with van der Waals surface area (Å²) in [5.74, 6) is 1.76.